The molecule has 0 unspecified atom stereocenters. The van der Waals surface area contributed by atoms with Crippen molar-refractivity contribution in [2.45, 2.75) is 38.0 Å². The van der Waals surface area contributed by atoms with Gasteiger partial charge in [0, 0.05) is 0 Å². The number of amides is 1. The number of hydrogen-bond acceptors (Lipinski definition) is 3. The van der Waals surface area contributed by atoms with Gasteiger partial charge in [-0.1, -0.05) is 0 Å². The number of nitrogens with two attached hydrogens (primary N) is 1. The predicted octanol–water partition coefficient (Wildman–Crippen LogP) is 1.79. The lowest BCUT2D eigenvalue weighted by molar-refractivity contribution is -0.125. The van der Waals surface area contributed by atoms with E-state index < -0.39 is 18.8 Å². The first-order valence-corrected chi connectivity index (χ1v) is 5.60. The molecule has 1 fully saturated rings. The van der Waals surface area contributed by atoms with Crippen LogP contribution in [0.5, 0.6) is 0 Å². The van der Waals surface area contributed by atoms with Crippen molar-refractivity contribution in [1.29, 1.82) is 0 Å². The quantitative estimate of drug-likeness (QED) is 0.804. The van der Waals surface area contributed by atoms with E-state index in [4.69, 9.17) is 10.5 Å². The molecule has 4 nitrogen and oxygen atoms in total. The van der Waals surface area contributed by atoms with E-state index in [9.17, 15) is 18.0 Å². The minimum atomic E-state index is -4.16. The van der Waals surface area contributed by atoms with Crippen LogP contribution >= 0.6 is 0 Å². The first-order chi connectivity index (χ1) is 7.87. The van der Waals surface area contributed by atoms with Gasteiger partial charge in [0.2, 0.25) is 0 Å². The van der Waals surface area contributed by atoms with Crippen LogP contribution in [-0.4, -0.2) is 31.5 Å². The van der Waals surface area contributed by atoms with Crippen LogP contribution in [0.3, 0.4) is 0 Å². The molecule has 3 N–H and O–H groups in total. The average Bonchev–Trinajstić information content (AvgIpc) is 2.18. The van der Waals surface area contributed by atoms with E-state index in [1.54, 1.807) is 0 Å². The Morgan fingerprint density at radius 1 is 1.29 bits per heavy atom. The van der Waals surface area contributed by atoms with E-state index in [0.717, 1.165) is 12.8 Å². The number of carbonyl (C=O) groups is 1. The zero-order valence-corrected chi connectivity index (χ0v) is 9.43. The van der Waals surface area contributed by atoms with Crippen molar-refractivity contribution in [2.24, 2.45) is 11.7 Å². The van der Waals surface area contributed by atoms with E-state index in [1.165, 1.54) is 0 Å². The fraction of sp³-hybridized carbons (Fsp3) is 0.900. The Hall–Kier alpha value is -0.980. The van der Waals surface area contributed by atoms with Crippen LogP contribution in [0.2, 0.25) is 0 Å². The summed E-state index contributed by atoms with van der Waals surface area (Å²) in [7, 11) is 0. The molecule has 0 spiro atoms. The Morgan fingerprint density at radius 3 is 2.35 bits per heavy atom. The summed E-state index contributed by atoms with van der Waals surface area (Å²) in [5, 5.41) is 2.39. The highest BCUT2D eigenvalue weighted by molar-refractivity contribution is 5.64. The van der Waals surface area contributed by atoms with E-state index in [0.29, 0.717) is 19.4 Å². The SMILES string of the molecule is NC(=O)OC1CCC(CNCC(F)(F)F)CC1. The van der Waals surface area contributed by atoms with Gasteiger partial charge in [-0.05, 0) is 38.1 Å². The Balaban J connectivity index is 2.13. The van der Waals surface area contributed by atoms with Gasteiger partial charge < -0.3 is 15.8 Å². The lowest BCUT2D eigenvalue weighted by Crippen LogP contribution is -2.35. The van der Waals surface area contributed by atoms with Gasteiger partial charge in [-0.15, -0.1) is 0 Å². The molecular formula is C10H17F3N2O2. The van der Waals surface area contributed by atoms with Crippen LogP contribution < -0.4 is 11.1 Å². The van der Waals surface area contributed by atoms with Gasteiger partial charge in [0.15, 0.2) is 0 Å². The summed E-state index contributed by atoms with van der Waals surface area (Å²) >= 11 is 0. The zero-order valence-electron chi connectivity index (χ0n) is 9.43. The fourth-order valence-corrected chi connectivity index (χ4v) is 2.04. The molecule has 0 bridgehead atoms. The topological polar surface area (TPSA) is 64.4 Å². The maximum atomic E-state index is 11.9. The number of hydrogen-bond donors (Lipinski definition) is 2. The first kappa shape index (κ1) is 14.1. The van der Waals surface area contributed by atoms with E-state index in [2.05, 4.69) is 5.32 Å². The maximum Gasteiger partial charge on any atom is 0.404 e. The van der Waals surface area contributed by atoms with Crippen molar-refractivity contribution in [3.8, 4) is 0 Å². The highest BCUT2D eigenvalue weighted by Crippen LogP contribution is 2.25. The molecule has 0 aliphatic heterocycles. The number of nitrogens with one attached hydrogen (secondary N) is 1. The monoisotopic (exact) mass is 254 g/mol. The molecule has 1 saturated carbocycles. The lowest BCUT2D eigenvalue weighted by atomic mass is 9.87. The minimum absolute atomic E-state index is 0.175. The molecule has 0 heterocycles. The van der Waals surface area contributed by atoms with Crippen molar-refractivity contribution in [3.05, 3.63) is 0 Å². The third-order valence-corrected chi connectivity index (χ3v) is 2.84. The summed E-state index contributed by atoms with van der Waals surface area (Å²) in [6.07, 6.45) is -2.28. The Labute approximate surface area is 97.7 Å². The number of primary amides is 1. The molecule has 17 heavy (non-hydrogen) atoms. The van der Waals surface area contributed by atoms with Crippen LogP contribution in [0, 0.1) is 5.92 Å². The zero-order chi connectivity index (χ0) is 12.9. The third-order valence-electron chi connectivity index (χ3n) is 2.84. The molecule has 1 rings (SSSR count). The molecule has 100 valence electrons. The molecule has 7 heteroatoms. The van der Waals surface area contributed by atoms with E-state index in [-0.39, 0.29) is 12.0 Å². The van der Waals surface area contributed by atoms with Crippen molar-refractivity contribution in [3.63, 3.8) is 0 Å². The van der Waals surface area contributed by atoms with Gasteiger partial charge in [-0.2, -0.15) is 13.2 Å². The van der Waals surface area contributed by atoms with Crippen LogP contribution in [0.25, 0.3) is 0 Å². The van der Waals surface area contributed by atoms with E-state index >= 15 is 0 Å². The normalized spacial score (nSPS) is 25.6. The van der Waals surface area contributed by atoms with Crippen LogP contribution in [-0.2, 0) is 4.74 Å². The molecule has 0 atom stereocenters. The smallest absolute Gasteiger partial charge is 0.404 e. The second-order valence-corrected chi connectivity index (χ2v) is 4.33. The predicted molar refractivity (Wildman–Crippen MR) is 55.3 cm³/mol. The van der Waals surface area contributed by atoms with Crippen LogP contribution in [0.4, 0.5) is 18.0 Å². The molecule has 0 radical (unpaired) electrons. The van der Waals surface area contributed by atoms with Gasteiger partial charge in [0.1, 0.15) is 6.10 Å². The number of alkyl halides is 3. The van der Waals surface area contributed by atoms with Crippen molar-refractivity contribution in [1.82, 2.24) is 5.32 Å². The molecule has 0 saturated heterocycles. The van der Waals surface area contributed by atoms with Gasteiger partial charge in [0.25, 0.3) is 0 Å². The van der Waals surface area contributed by atoms with Crippen LogP contribution in [0.1, 0.15) is 25.7 Å². The number of rotatable bonds is 4. The summed E-state index contributed by atoms with van der Waals surface area (Å²) in [4.78, 5) is 10.5. The van der Waals surface area contributed by atoms with Crippen molar-refractivity contribution in [2.75, 3.05) is 13.1 Å². The van der Waals surface area contributed by atoms with Gasteiger partial charge in [-0.3, -0.25) is 0 Å². The first-order valence-electron chi connectivity index (χ1n) is 5.60. The number of halogens is 3. The highest BCUT2D eigenvalue weighted by atomic mass is 19.4. The van der Waals surface area contributed by atoms with Crippen molar-refractivity contribution < 1.29 is 22.7 Å². The molecular weight excluding hydrogens is 237 g/mol. The summed E-state index contributed by atoms with van der Waals surface area (Å²) < 4.78 is 40.5. The summed E-state index contributed by atoms with van der Waals surface area (Å²) in [5.74, 6) is 0.213. The maximum absolute atomic E-state index is 11.9. The summed E-state index contributed by atoms with van der Waals surface area (Å²) in [5.41, 5.74) is 4.89. The Morgan fingerprint density at radius 2 is 1.88 bits per heavy atom. The van der Waals surface area contributed by atoms with Gasteiger partial charge >= 0.3 is 12.3 Å². The second-order valence-electron chi connectivity index (χ2n) is 4.33. The Kier molecular flexibility index (Phi) is 5.04. The average molecular weight is 254 g/mol. The largest absolute Gasteiger partial charge is 0.446 e. The standard InChI is InChI=1S/C10H17F3N2O2/c11-10(12,13)6-15-5-7-1-3-8(4-2-7)17-9(14)16/h7-8,15H,1-6H2,(H2,14,16). The molecule has 0 aromatic rings. The fourth-order valence-electron chi connectivity index (χ4n) is 2.04. The molecule has 1 aliphatic rings. The molecule has 1 amide bonds. The van der Waals surface area contributed by atoms with E-state index in [1.807, 2.05) is 0 Å². The summed E-state index contributed by atoms with van der Waals surface area (Å²) in [6, 6.07) is 0. The van der Waals surface area contributed by atoms with Gasteiger partial charge in [-0.25, -0.2) is 4.79 Å². The second kappa shape index (κ2) is 6.09. The van der Waals surface area contributed by atoms with Gasteiger partial charge in [0.05, 0.1) is 6.54 Å². The summed E-state index contributed by atoms with van der Waals surface area (Å²) in [6.45, 7) is -0.604. The van der Waals surface area contributed by atoms with Crippen molar-refractivity contribution >= 4 is 6.09 Å². The third kappa shape index (κ3) is 6.35. The molecule has 0 aromatic heterocycles. The molecule has 1 aliphatic carbocycles. The number of ether oxygens (including phenoxy) is 1. The highest BCUT2D eigenvalue weighted by Gasteiger charge is 2.28. The number of carbonyl (C=O) groups excluding carboxylic acids is 1. The minimum Gasteiger partial charge on any atom is -0.446 e. The lowest BCUT2D eigenvalue weighted by Gasteiger charge is -2.28. The molecule has 0 aromatic carbocycles. The Bertz CT molecular complexity index is 250. The van der Waals surface area contributed by atoms with Crippen LogP contribution in [0.15, 0.2) is 0 Å².